The highest BCUT2D eigenvalue weighted by Gasteiger charge is 2.27. The smallest absolute Gasteiger partial charge is 0.339 e. The van der Waals surface area contributed by atoms with Crippen LogP contribution < -0.4 is 23.7 Å². The predicted octanol–water partition coefficient (Wildman–Crippen LogP) is 7.77. The van der Waals surface area contributed by atoms with Crippen LogP contribution in [0.3, 0.4) is 0 Å². The van der Waals surface area contributed by atoms with Crippen LogP contribution in [0.2, 0.25) is 0 Å². The Kier molecular flexibility index (Phi) is 8.12. The van der Waals surface area contributed by atoms with E-state index in [1.807, 2.05) is 19.1 Å². The third kappa shape index (κ3) is 6.32. The van der Waals surface area contributed by atoms with Crippen molar-refractivity contribution in [3.8, 4) is 34.1 Å². The first-order valence-electron chi connectivity index (χ1n) is 13.7. The Bertz CT molecular complexity index is 1830. The van der Waals surface area contributed by atoms with E-state index in [1.54, 1.807) is 30.3 Å². The van der Waals surface area contributed by atoms with E-state index in [4.69, 9.17) is 18.4 Å². The molecule has 0 saturated heterocycles. The van der Waals surface area contributed by atoms with E-state index >= 15 is 0 Å². The fourth-order valence-electron chi connectivity index (χ4n) is 5.36. The third-order valence-electron chi connectivity index (χ3n) is 7.26. The molecule has 1 aliphatic heterocycles. The van der Waals surface area contributed by atoms with Crippen LogP contribution in [0, 0.1) is 12.7 Å². The minimum atomic E-state index is -4.14. The van der Waals surface area contributed by atoms with Crippen molar-refractivity contribution in [1.29, 1.82) is 0 Å². The fraction of sp³-hybridized carbons (Fsp3) is 0.235. The standard InChI is InChI=1S/C34H34FNO6S/c1-21-10-11-23(35)16-31(21)41-20-29-27(14-15-30-33(29)22(2)19-34(3,4)36-30)28-13-12-25(18-32(28)40-6)42-43(37,38)26-9-7-8-24(17-26)39-5/h7-19,36H,20H2,1-6H3. The molecule has 0 aliphatic carbocycles. The molecule has 0 aromatic heterocycles. The number of hydrogen-bond donors (Lipinski definition) is 1. The Labute approximate surface area is 252 Å². The first-order chi connectivity index (χ1) is 20.4. The van der Waals surface area contributed by atoms with Gasteiger partial charge in [-0.25, -0.2) is 4.39 Å². The van der Waals surface area contributed by atoms with E-state index in [2.05, 4.69) is 32.2 Å². The Morgan fingerprint density at radius 1 is 0.837 bits per heavy atom. The van der Waals surface area contributed by atoms with E-state index < -0.39 is 10.1 Å². The predicted molar refractivity (Wildman–Crippen MR) is 166 cm³/mol. The molecule has 9 heteroatoms. The van der Waals surface area contributed by atoms with E-state index in [1.165, 1.54) is 44.6 Å². The average Bonchev–Trinajstić information content (AvgIpc) is 2.96. The summed E-state index contributed by atoms with van der Waals surface area (Å²) < 4.78 is 62.7. The van der Waals surface area contributed by atoms with Crippen molar-refractivity contribution in [2.45, 2.75) is 44.7 Å². The molecule has 0 bridgehead atoms. The molecular weight excluding hydrogens is 569 g/mol. The highest BCUT2D eigenvalue weighted by molar-refractivity contribution is 7.87. The van der Waals surface area contributed by atoms with E-state index in [-0.39, 0.29) is 28.6 Å². The van der Waals surface area contributed by atoms with Crippen LogP contribution in [-0.2, 0) is 16.7 Å². The molecule has 0 radical (unpaired) electrons. The number of rotatable bonds is 9. The molecule has 4 aromatic rings. The molecule has 7 nitrogen and oxygen atoms in total. The maximum absolute atomic E-state index is 14.1. The Morgan fingerprint density at radius 3 is 2.35 bits per heavy atom. The van der Waals surface area contributed by atoms with E-state index in [9.17, 15) is 12.8 Å². The zero-order chi connectivity index (χ0) is 30.9. The lowest BCUT2D eigenvalue weighted by molar-refractivity contribution is 0.302. The number of nitrogens with one attached hydrogen (secondary N) is 1. The van der Waals surface area contributed by atoms with Crippen molar-refractivity contribution in [3.05, 3.63) is 101 Å². The molecule has 43 heavy (non-hydrogen) atoms. The van der Waals surface area contributed by atoms with Crippen molar-refractivity contribution in [1.82, 2.24) is 0 Å². The number of allylic oxidation sites excluding steroid dienone is 1. The van der Waals surface area contributed by atoms with Gasteiger partial charge in [0.1, 0.15) is 40.3 Å². The number of benzene rings is 4. The van der Waals surface area contributed by atoms with Gasteiger partial charge in [-0.1, -0.05) is 24.3 Å². The maximum Gasteiger partial charge on any atom is 0.339 e. The second kappa shape index (κ2) is 11.6. The van der Waals surface area contributed by atoms with E-state index in [0.717, 1.165) is 33.5 Å². The van der Waals surface area contributed by atoms with E-state index in [0.29, 0.717) is 22.8 Å². The van der Waals surface area contributed by atoms with Crippen molar-refractivity contribution < 1.29 is 31.2 Å². The molecule has 0 atom stereocenters. The van der Waals surface area contributed by atoms with Gasteiger partial charge in [0.2, 0.25) is 0 Å². The quantitative estimate of drug-likeness (QED) is 0.196. The monoisotopic (exact) mass is 603 g/mol. The van der Waals surface area contributed by atoms with Crippen LogP contribution in [0.1, 0.15) is 37.5 Å². The van der Waals surface area contributed by atoms with Gasteiger partial charge in [-0.2, -0.15) is 8.42 Å². The van der Waals surface area contributed by atoms with Crippen LogP contribution in [0.15, 0.2) is 83.8 Å². The SMILES string of the molecule is COc1cccc(S(=O)(=O)Oc2ccc(-c3ccc4c(c3COc3cc(F)ccc3C)C(C)=CC(C)(C)N4)c(OC)c2)c1. The van der Waals surface area contributed by atoms with Crippen molar-refractivity contribution in [2.75, 3.05) is 19.5 Å². The average molecular weight is 604 g/mol. The summed E-state index contributed by atoms with van der Waals surface area (Å²) in [4.78, 5) is -0.0330. The summed E-state index contributed by atoms with van der Waals surface area (Å²) in [6.07, 6.45) is 2.16. The molecule has 0 saturated carbocycles. The maximum atomic E-state index is 14.1. The van der Waals surface area contributed by atoms with Gasteiger partial charge in [0, 0.05) is 40.6 Å². The van der Waals surface area contributed by atoms with Gasteiger partial charge in [0.15, 0.2) is 0 Å². The summed E-state index contributed by atoms with van der Waals surface area (Å²) in [5.74, 6) is 0.973. The summed E-state index contributed by atoms with van der Waals surface area (Å²) in [7, 11) is -1.16. The summed E-state index contributed by atoms with van der Waals surface area (Å²) in [6, 6.07) is 19.4. The number of anilines is 1. The molecular formula is C34H34FNO6S. The number of hydrogen-bond acceptors (Lipinski definition) is 7. The summed E-state index contributed by atoms with van der Waals surface area (Å²) >= 11 is 0. The normalized spacial score (nSPS) is 13.8. The van der Waals surface area contributed by atoms with Gasteiger partial charge in [-0.15, -0.1) is 0 Å². The van der Waals surface area contributed by atoms with Crippen molar-refractivity contribution >= 4 is 21.4 Å². The Morgan fingerprint density at radius 2 is 1.60 bits per heavy atom. The van der Waals surface area contributed by atoms with Crippen molar-refractivity contribution in [3.63, 3.8) is 0 Å². The summed E-state index contributed by atoms with van der Waals surface area (Å²) in [5, 5.41) is 3.57. The molecule has 1 aliphatic rings. The largest absolute Gasteiger partial charge is 0.497 e. The van der Waals surface area contributed by atoms with Crippen LogP contribution in [0.5, 0.6) is 23.0 Å². The fourth-order valence-corrected chi connectivity index (χ4v) is 6.32. The van der Waals surface area contributed by atoms with Crippen LogP contribution in [0.25, 0.3) is 16.7 Å². The molecule has 0 amide bonds. The van der Waals surface area contributed by atoms with Gasteiger partial charge in [0.05, 0.1) is 19.8 Å². The van der Waals surface area contributed by atoms with Gasteiger partial charge in [-0.3, -0.25) is 0 Å². The molecule has 5 rings (SSSR count). The van der Waals surface area contributed by atoms with Gasteiger partial charge in [0.25, 0.3) is 0 Å². The van der Waals surface area contributed by atoms with Crippen LogP contribution >= 0.6 is 0 Å². The lowest BCUT2D eigenvalue weighted by atomic mass is 9.85. The first-order valence-corrected chi connectivity index (χ1v) is 15.1. The number of ether oxygens (including phenoxy) is 3. The third-order valence-corrected chi connectivity index (χ3v) is 8.51. The highest BCUT2D eigenvalue weighted by Crippen LogP contribution is 2.44. The summed E-state index contributed by atoms with van der Waals surface area (Å²) in [6.45, 7) is 8.27. The molecule has 224 valence electrons. The Balaban J connectivity index is 1.57. The minimum Gasteiger partial charge on any atom is -0.497 e. The number of halogens is 1. The second-order valence-electron chi connectivity index (χ2n) is 11.0. The minimum absolute atomic E-state index is 0.0330. The number of aryl methyl sites for hydroxylation is 1. The van der Waals surface area contributed by atoms with Crippen LogP contribution in [-0.4, -0.2) is 28.2 Å². The molecule has 0 spiro atoms. The topological polar surface area (TPSA) is 83.1 Å². The number of fused-ring (bicyclic) bond motifs is 1. The van der Waals surface area contributed by atoms with Gasteiger partial charge >= 0.3 is 10.1 Å². The molecule has 4 aromatic carbocycles. The molecule has 0 unspecified atom stereocenters. The molecule has 0 fully saturated rings. The molecule has 1 N–H and O–H groups in total. The lowest BCUT2D eigenvalue weighted by Gasteiger charge is -2.33. The van der Waals surface area contributed by atoms with Crippen molar-refractivity contribution in [2.24, 2.45) is 0 Å². The summed E-state index contributed by atoms with van der Waals surface area (Å²) in [5.41, 5.74) is 5.97. The van der Waals surface area contributed by atoms with Crippen LogP contribution in [0.4, 0.5) is 10.1 Å². The molecule has 1 heterocycles. The van der Waals surface area contributed by atoms with Gasteiger partial charge in [-0.05, 0) is 80.8 Å². The lowest BCUT2D eigenvalue weighted by Crippen LogP contribution is -2.32. The zero-order valence-electron chi connectivity index (χ0n) is 24.9. The number of methoxy groups -OCH3 is 2. The highest BCUT2D eigenvalue weighted by atomic mass is 32.2. The Hall–Kier alpha value is -4.50. The zero-order valence-corrected chi connectivity index (χ0v) is 25.8. The van der Waals surface area contributed by atoms with Gasteiger partial charge < -0.3 is 23.7 Å². The first kappa shape index (κ1) is 30.0. The second-order valence-corrected chi connectivity index (χ2v) is 12.5.